The molecule has 0 bridgehead atoms. The number of halogens is 1. The zero-order valence-corrected chi connectivity index (χ0v) is 18.0. The summed E-state index contributed by atoms with van der Waals surface area (Å²) < 4.78 is 20.1. The summed E-state index contributed by atoms with van der Waals surface area (Å²) in [5.74, 6) is 0.142. The Balaban J connectivity index is 1.56. The van der Waals surface area contributed by atoms with Gasteiger partial charge in [0.05, 0.1) is 13.7 Å². The number of hydrogen-bond donors (Lipinski definition) is 1. The molecule has 0 fully saturated rings. The molecule has 7 nitrogen and oxygen atoms in total. The maximum absolute atomic E-state index is 13.2. The van der Waals surface area contributed by atoms with E-state index in [2.05, 4.69) is 20.8 Å². The molecule has 0 aliphatic carbocycles. The van der Waals surface area contributed by atoms with Gasteiger partial charge in [0.15, 0.2) is 0 Å². The SMILES string of the molecule is COc1ccc(Cn2nnnc2SC(C(=O)Nc2ccc(F)cc2)c2ccccc2)cc1. The minimum Gasteiger partial charge on any atom is -0.497 e. The third-order valence-corrected chi connectivity index (χ3v) is 5.89. The molecule has 1 N–H and O–H groups in total. The van der Waals surface area contributed by atoms with Crippen LogP contribution in [0, 0.1) is 5.82 Å². The van der Waals surface area contributed by atoms with Crippen molar-refractivity contribution in [3.63, 3.8) is 0 Å². The first-order valence-electron chi connectivity index (χ1n) is 9.79. The number of tetrazole rings is 1. The monoisotopic (exact) mass is 449 g/mol. The van der Waals surface area contributed by atoms with Gasteiger partial charge >= 0.3 is 0 Å². The van der Waals surface area contributed by atoms with Crippen molar-refractivity contribution < 1.29 is 13.9 Å². The quantitative estimate of drug-likeness (QED) is 0.403. The van der Waals surface area contributed by atoms with Gasteiger partial charge in [0, 0.05) is 5.69 Å². The van der Waals surface area contributed by atoms with Crippen molar-refractivity contribution in [2.24, 2.45) is 0 Å². The van der Waals surface area contributed by atoms with E-state index in [9.17, 15) is 9.18 Å². The van der Waals surface area contributed by atoms with E-state index in [1.807, 2.05) is 54.6 Å². The van der Waals surface area contributed by atoms with E-state index in [4.69, 9.17) is 4.74 Å². The predicted octanol–water partition coefficient (Wildman–Crippen LogP) is 4.34. The molecule has 32 heavy (non-hydrogen) atoms. The van der Waals surface area contributed by atoms with Gasteiger partial charge in [0.25, 0.3) is 0 Å². The van der Waals surface area contributed by atoms with Crippen LogP contribution in [-0.2, 0) is 11.3 Å². The molecule has 4 rings (SSSR count). The molecule has 1 unspecified atom stereocenters. The van der Waals surface area contributed by atoms with Crippen LogP contribution in [0.15, 0.2) is 84.0 Å². The number of nitrogens with one attached hydrogen (secondary N) is 1. The second-order valence-electron chi connectivity index (χ2n) is 6.87. The number of rotatable bonds is 8. The Bertz CT molecular complexity index is 1170. The average molecular weight is 450 g/mol. The topological polar surface area (TPSA) is 81.9 Å². The Kier molecular flexibility index (Phi) is 6.76. The highest BCUT2D eigenvalue weighted by molar-refractivity contribution is 8.00. The van der Waals surface area contributed by atoms with Crippen molar-refractivity contribution in [1.29, 1.82) is 0 Å². The molecule has 0 saturated carbocycles. The summed E-state index contributed by atoms with van der Waals surface area (Å²) in [6.45, 7) is 0.445. The standard InChI is InChI=1S/C23H20FN5O2S/c1-31-20-13-7-16(8-14-20)15-29-23(26-27-28-29)32-21(17-5-3-2-4-6-17)22(30)25-19-11-9-18(24)10-12-19/h2-14,21H,15H2,1H3,(H,25,30). The number of amides is 1. The number of carbonyl (C=O) groups excluding carboxylic acids is 1. The first-order valence-corrected chi connectivity index (χ1v) is 10.7. The Hall–Kier alpha value is -3.72. The van der Waals surface area contributed by atoms with E-state index >= 15 is 0 Å². The van der Waals surface area contributed by atoms with Gasteiger partial charge < -0.3 is 10.1 Å². The number of nitrogens with zero attached hydrogens (tertiary/aromatic N) is 4. The number of thioether (sulfide) groups is 1. The molecular formula is C23H20FN5O2S. The van der Waals surface area contributed by atoms with Crippen molar-refractivity contribution >= 4 is 23.4 Å². The van der Waals surface area contributed by atoms with Crippen molar-refractivity contribution in [1.82, 2.24) is 20.2 Å². The Morgan fingerprint density at radius 1 is 1.06 bits per heavy atom. The first kappa shape index (κ1) is 21.5. The number of methoxy groups -OCH3 is 1. The fourth-order valence-corrected chi connectivity index (χ4v) is 4.01. The maximum Gasteiger partial charge on any atom is 0.242 e. The maximum atomic E-state index is 13.2. The molecule has 0 saturated heterocycles. The van der Waals surface area contributed by atoms with Crippen LogP contribution in [0.2, 0.25) is 0 Å². The first-order chi connectivity index (χ1) is 15.6. The van der Waals surface area contributed by atoms with Crippen LogP contribution in [-0.4, -0.2) is 33.2 Å². The Morgan fingerprint density at radius 3 is 2.47 bits per heavy atom. The second kappa shape index (κ2) is 10.1. The van der Waals surface area contributed by atoms with Crippen LogP contribution in [0.1, 0.15) is 16.4 Å². The Labute approximate surface area is 188 Å². The van der Waals surface area contributed by atoms with E-state index in [-0.39, 0.29) is 11.7 Å². The van der Waals surface area contributed by atoms with E-state index in [1.165, 1.54) is 36.0 Å². The molecule has 0 aliphatic heterocycles. The summed E-state index contributed by atoms with van der Waals surface area (Å²) >= 11 is 1.25. The molecule has 3 aromatic carbocycles. The third-order valence-electron chi connectivity index (χ3n) is 4.67. The van der Waals surface area contributed by atoms with Crippen molar-refractivity contribution in [2.45, 2.75) is 17.0 Å². The van der Waals surface area contributed by atoms with Crippen LogP contribution >= 0.6 is 11.8 Å². The molecule has 1 heterocycles. The smallest absolute Gasteiger partial charge is 0.242 e. The normalized spacial score (nSPS) is 11.7. The summed E-state index contributed by atoms with van der Waals surface area (Å²) in [4.78, 5) is 13.1. The highest BCUT2D eigenvalue weighted by Crippen LogP contribution is 2.35. The van der Waals surface area contributed by atoms with Gasteiger partial charge in [0.2, 0.25) is 11.1 Å². The van der Waals surface area contributed by atoms with Gasteiger partial charge in [-0.2, -0.15) is 0 Å². The lowest BCUT2D eigenvalue weighted by Crippen LogP contribution is -2.19. The molecule has 162 valence electrons. The molecule has 0 aliphatic rings. The van der Waals surface area contributed by atoms with E-state index in [0.717, 1.165) is 16.9 Å². The van der Waals surface area contributed by atoms with Crippen LogP contribution in [0.25, 0.3) is 0 Å². The summed E-state index contributed by atoms with van der Waals surface area (Å²) in [5, 5.41) is 14.7. The number of carbonyl (C=O) groups is 1. The molecule has 1 amide bonds. The van der Waals surface area contributed by atoms with E-state index in [1.54, 1.807) is 11.8 Å². The molecule has 1 atom stereocenters. The van der Waals surface area contributed by atoms with E-state index < -0.39 is 5.25 Å². The molecule has 0 spiro atoms. The molecule has 1 aromatic heterocycles. The van der Waals surface area contributed by atoms with Gasteiger partial charge in [-0.1, -0.05) is 54.2 Å². The molecule has 4 aromatic rings. The highest BCUT2D eigenvalue weighted by atomic mass is 32.2. The zero-order chi connectivity index (χ0) is 22.3. The van der Waals surface area contributed by atoms with Crippen molar-refractivity contribution in [3.8, 4) is 5.75 Å². The lowest BCUT2D eigenvalue weighted by Gasteiger charge is -2.16. The van der Waals surface area contributed by atoms with Crippen LogP contribution in [0.4, 0.5) is 10.1 Å². The molecule has 9 heteroatoms. The van der Waals surface area contributed by atoms with Crippen LogP contribution < -0.4 is 10.1 Å². The third kappa shape index (κ3) is 5.30. The van der Waals surface area contributed by atoms with Crippen molar-refractivity contribution in [3.05, 3.63) is 95.8 Å². The fraction of sp³-hybridized carbons (Fsp3) is 0.130. The zero-order valence-electron chi connectivity index (χ0n) is 17.2. The number of benzene rings is 3. The second-order valence-corrected chi connectivity index (χ2v) is 7.94. The van der Waals surface area contributed by atoms with Gasteiger partial charge in [0.1, 0.15) is 16.8 Å². The average Bonchev–Trinajstić information content (AvgIpc) is 3.26. The fourth-order valence-electron chi connectivity index (χ4n) is 3.03. The number of aromatic nitrogens is 4. The number of hydrogen-bond acceptors (Lipinski definition) is 6. The highest BCUT2D eigenvalue weighted by Gasteiger charge is 2.25. The summed E-state index contributed by atoms with van der Waals surface area (Å²) in [5.41, 5.74) is 2.30. The summed E-state index contributed by atoms with van der Waals surface area (Å²) in [6, 6.07) is 22.6. The number of ether oxygens (including phenoxy) is 1. The summed E-state index contributed by atoms with van der Waals surface area (Å²) in [7, 11) is 1.62. The summed E-state index contributed by atoms with van der Waals surface area (Å²) in [6.07, 6.45) is 0. The minimum absolute atomic E-state index is 0.258. The van der Waals surface area contributed by atoms with Gasteiger partial charge in [-0.15, -0.1) is 5.10 Å². The Morgan fingerprint density at radius 2 is 1.78 bits per heavy atom. The van der Waals surface area contributed by atoms with Gasteiger partial charge in [-0.3, -0.25) is 4.79 Å². The van der Waals surface area contributed by atoms with Gasteiger partial charge in [-0.25, -0.2) is 9.07 Å². The molecular weight excluding hydrogens is 429 g/mol. The lowest BCUT2D eigenvalue weighted by atomic mass is 10.1. The minimum atomic E-state index is -0.609. The molecule has 0 radical (unpaired) electrons. The van der Waals surface area contributed by atoms with Crippen molar-refractivity contribution in [2.75, 3.05) is 12.4 Å². The van der Waals surface area contributed by atoms with Crippen LogP contribution in [0.5, 0.6) is 5.75 Å². The lowest BCUT2D eigenvalue weighted by molar-refractivity contribution is -0.115. The van der Waals surface area contributed by atoms with Crippen LogP contribution in [0.3, 0.4) is 0 Å². The predicted molar refractivity (Wildman–Crippen MR) is 120 cm³/mol. The van der Waals surface area contributed by atoms with E-state index in [0.29, 0.717) is 17.4 Å². The largest absolute Gasteiger partial charge is 0.497 e. The van der Waals surface area contributed by atoms with Gasteiger partial charge in [-0.05, 0) is 58.0 Å². The number of anilines is 1.